The minimum atomic E-state index is -1.07. The molecule has 0 aliphatic heterocycles. The van der Waals surface area contributed by atoms with E-state index in [0.717, 1.165) is 116 Å². The molecule has 32 heteroatoms. The summed E-state index contributed by atoms with van der Waals surface area (Å²) in [6.45, 7) is 7.08. The summed E-state index contributed by atoms with van der Waals surface area (Å²) in [5, 5.41) is 49.0. The number of halogens is 1. The van der Waals surface area contributed by atoms with Gasteiger partial charge in [0, 0.05) is 181 Å². The normalized spacial score (nSPS) is 11.9. The SMILES string of the molecule is C#Cc1ccc(Cc2c(C(=O)NOCC3CC3)c3cccnc3n2C)c(C)c1.C#Cc1ccc(Cc2c(C(=O)NOCCO)c3cccnc3n2C)c(C)c1.C#Cc1ccc(Cc2c(C(=O)NOC[C@@H](O)CO)c3cccnc3n2C)c(C)c1.C#Cc1ccc(Cc2c(C(=O)NOC[C@H](O)CO)c3cccnc3n2C)c(C)c1.CONC(=O)c1c(Cc2ccc(SC)cc2F)n(C)c2ncccc12. The van der Waals surface area contributed by atoms with Crippen LogP contribution in [0.5, 0.6) is 0 Å². The molecular formula is C106H108FN15O15S. The van der Waals surface area contributed by atoms with E-state index in [2.05, 4.69) is 76.0 Å². The second-order valence-electron chi connectivity index (χ2n) is 32.7. The number of aryl methyl sites for hydroxylation is 9. The number of nitrogens with one attached hydrogen (secondary N) is 5. The Labute approximate surface area is 802 Å². The number of hydroxylamine groups is 5. The third kappa shape index (κ3) is 24.3. The number of rotatable bonds is 31. The van der Waals surface area contributed by atoms with Gasteiger partial charge in [0.2, 0.25) is 0 Å². The van der Waals surface area contributed by atoms with Crippen molar-refractivity contribution in [3.05, 3.63) is 317 Å². The molecule has 16 rings (SSSR count). The topological polar surface area (TPSA) is 382 Å². The van der Waals surface area contributed by atoms with E-state index in [9.17, 15) is 38.6 Å². The molecule has 1 aliphatic carbocycles. The van der Waals surface area contributed by atoms with Crippen molar-refractivity contribution in [2.75, 3.05) is 59.6 Å². The van der Waals surface area contributed by atoms with E-state index < -0.39 is 37.2 Å². The standard InChI is InChI=1S/C23H23N3O2.2C22H23N3O4.C21H21N3O3.C18H18FN3O2S/c1-4-16-9-10-18(15(2)12-16)13-20-21(23(27)25-28-14-17-7-8-17)19-6-5-11-24-22(19)26(20)3;2*1-4-15-7-8-16(14(2)10-15)11-19-20(22(28)24-29-13-17(27)12-26)18-6-5-9-23-21(18)25(19)3;1-4-15-7-8-16(14(2)12-15)13-18-19(21(26)23-27-11-10-25)17-6-5-9-22-20(17)24(18)3;1-22-15(9-11-6-7-12(25-3)10-14(11)19)16(18(23)21-24-2)13-5-4-8-20-17(13)22/h1,5-6,9-12,17H,7-8,13-14H2,2-3H3,(H,25,27);2*1,5-10,17,26-27H,11-13H2,2-3H3,(H,24,28);1,5-9,12,25H,10-11,13H2,2-3H3,(H,23,26);4-8,10H,9H2,1-3H3,(H,21,23)/t;2*17-;;/m.10../s1. The molecule has 0 bridgehead atoms. The molecule has 1 saturated carbocycles. The molecule has 30 nitrogen and oxygen atoms in total. The zero-order valence-electron chi connectivity index (χ0n) is 78.3. The number of carbonyl (C=O) groups is 5. The van der Waals surface area contributed by atoms with Crippen LogP contribution in [0.15, 0.2) is 188 Å². The molecule has 2 atom stereocenters. The lowest BCUT2D eigenvalue weighted by Crippen LogP contribution is -2.30. The van der Waals surface area contributed by atoms with Crippen LogP contribution in [-0.4, -0.2) is 175 Å². The van der Waals surface area contributed by atoms with Crippen molar-refractivity contribution < 1.29 is 78.1 Å². The third-order valence-corrected chi connectivity index (χ3v) is 24.3. The van der Waals surface area contributed by atoms with Crippen LogP contribution < -0.4 is 27.4 Å². The van der Waals surface area contributed by atoms with E-state index >= 15 is 0 Å². The molecule has 5 amide bonds. The molecule has 0 radical (unpaired) electrons. The molecule has 10 aromatic heterocycles. The van der Waals surface area contributed by atoms with E-state index in [1.54, 1.807) is 61.3 Å². The Balaban J connectivity index is 0.000000155. The highest BCUT2D eigenvalue weighted by molar-refractivity contribution is 7.98. The predicted molar refractivity (Wildman–Crippen MR) is 526 cm³/mol. The fraction of sp³-hybridized carbons (Fsp3) is 0.264. The Kier molecular flexibility index (Phi) is 35.4. The molecule has 1 aliphatic rings. The number of terminal acetylenes is 4. The minimum absolute atomic E-state index is 0.0246. The van der Waals surface area contributed by atoms with Crippen LogP contribution in [-0.2, 0) is 91.5 Å². The van der Waals surface area contributed by atoms with Gasteiger partial charge in [0.15, 0.2) is 0 Å². The van der Waals surface area contributed by atoms with Gasteiger partial charge >= 0.3 is 0 Å². The Hall–Kier alpha value is -15.0. The lowest BCUT2D eigenvalue weighted by molar-refractivity contribution is -0.0296. The number of aromatic nitrogens is 10. The molecule has 10 N–H and O–H groups in total. The van der Waals surface area contributed by atoms with Crippen LogP contribution in [0.2, 0.25) is 0 Å². The number of hydrogen-bond acceptors (Lipinski definition) is 21. The van der Waals surface area contributed by atoms with Crippen LogP contribution in [0.1, 0.15) is 165 Å². The van der Waals surface area contributed by atoms with Crippen molar-refractivity contribution in [3.8, 4) is 49.4 Å². The average Bonchev–Trinajstić information content (AvgIpc) is 1.63. The summed E-state index contributed by atoms with van der Waals surface area (Å²) in [7, 11) is 10.8. The Morgan fingerprint density at radius 2 is 0.688 bits per heavy atom. The van der Waals surface area contributed by atoms with Crippen LogP contribution >= 0.6 is 11.8 Å². The maximum atomic E-state index is 14.4. The molecule has 138 heavy (non-hydrogen) atoms. The predicted octanol–water partition coefficient (Wildman–Crippen LogP) is 11.9. The summed E-state index contributed by atoms with van der Waals surface area (Å²) in [5.74, 6) is 8.97. The molecule has 0 spiro atoms. The highest BCUT2D eigenvalue weighted by atomic mass is 32.2. The van der Waals surface area contributed by atoms with E-state index in [1.165, 1.54) is 37.8 Å². The van der Waals surface area contributed by atoms with Crippen molar-refractivity contribution in [1.82, 2.24) is 75.2 Å². The first-order chi connectivity index (χ1) is 66.6. The fourth-order valence-corrected chi connectivity index (χ4v) is 16.4. The van der Waals surface area contributed by atoms with Gasteiger partial charge in [-0.2, -0.15) is 0 Å². The van der Waals surface area contributed by atoms with E-state index in [4.69, 9.17) is 65.2 Å². The van der Waals surface area contributed by atoms with Gasteiger partial charge in [0.1, 0.15) is 59.5 Å². The zero-order chi connectivity index (χ0) is 99.0. The monoisotopic (exact) mass is 1880 g/mol. The summed E-state index contributed by atoms with van der Waals surface area (Å²) < 4.78 is 23.9. The molecule has 15 aromatic rings. The lowest BCUT2D eigenvalue weighted by atomic mass is 9.99. The van der Waals surface area contributed by atoms with E-state index in [-0.39, 0.29) is 56.4 Å². The van der Waals surface area contributed by atoms with Gasteiger partial charge in [-0.05, 0) is 224 Å². The van der Waals surface area contributed by atoms with Gasteiger partial charge in [0.05, 0.1) is 68.0 Å². The maximum Gasteiger partial charge on any atom is 0.277 e. The number of amides is 5. The number of nitrogens with zero attached hydrogens (tertiary/aromatic N) is 10. The van der Waals surface area contributed by atoms with Crippen LogP contribution in [0.4, 0.5) is 4.39 Å². The molecule has 5 aromatic carbocycles. The smallest absolute Gasteiger partial charge is 0.277 e. The highest BCUT2D eigenvalue weighted by Gasteiger charge is 2.31. The summed E-state index contributed by atoms with van der Waals surface area (Å²) >= 11 is 1.48. The van der Waals surface area contributed by atoms with Crippen molar-refractivity contribution in [2.24, 2.45) is 41.2 Å². The number of carbonyl (C=O) groups excluding carboxylic acids is 5. The second kappa shape index (κ2) is 48.0. The van der Waals surface area contributed by atoms with Gasteiger partial charge in [-0.15, -0.1) is 37.5 Å². The van der Waals surface area contributed by atoms with Gasteiger partial charge < -0.3 is 48.4 Å². The van der Waals surface area contributed by atoms with E-state index in [0.29, 0.717) is 110 Å². The summed E-state index contributed by atoms with van der Waals surface area (Å²) in [6, 6.07) is 46.7. The number of hydrogen-bond donors (Lipinski definition) is 10. The Morgan fingerprint density at radius 3 is 0.942 bits per heavy atom. The first-order valence-electron chi connectivity index (χ1n) is 44.0. The van der Waals surface area contributed by atoms with Crippen molar-refractivity contribution in [2.45, 2.75) is 89.7 Å². The van der Waals surface area contributed by atoms with Crippen LogP contribution in [0.3, 0.4) is 0 Å². The maximum absolute atomic E-state index is 14.4. The van der Waals surface area contributed by atoms with Crippen molar-refractivity contribution in [1.29, 1.82) is 0 Å². The van der Waals surface area contributed by atoms with Gasteiger partial charge in [-0.1, -0.05) is 54.0 Å². The quantitative estimate of drug-likeness (QED) is 0.00835. The number of benzene rings is 5. The van der Waals surface area contributed by atoms with Gasteiger partial charge in [-0.25, -0.2) is 56.7 Å². The fourth-order valence-electron chi connectivity index (χ4n) is 16.0. The number of fused-ring (bicyclic) bond motifs is 5. The van der Waals surface area contributed by atoms with E-state index in [1.807, 2.05) is 207 Å². The molecule has 10 heterocycles. The molecule has 1 fully saturated rings. The summed E-state index contributed by atoms with van der Waals surface area (Å²) in [5.41, 5.74) is 34.4. The lowest BCUT2D eigenvalue weighted by Gasteiger charge is -2.12. The van der Waals surface area contributed by atoms with Gasteiger partial charge in [-0.3, -0.25) is 48.2 Å². The first-order valence-corrected chi connectivity index (χ1v) is 45.2. The molecule has 0 saturated heterocycles. The Morgan fingerprint density at radius 1 is 0.413 bits per heavy atom. The second-order valence-corrected chi connectivity index (χ2v) is 33.6. The average molecular weight is 1880 g/mol. The number of aliphatic hydroxyl groups excluding tert-OH is 5. The Bertz CT molecular complexity index is 7010. The third-order valence-electron chi connectivity index (χ3n) is 23.6. The number of pyridine rings is 5. The highest BCUT2D eigenvalue weighted by Crippen LogP contribution is 2.35. The first kappa shape index (κ1) is 102. The minimum Gasteiger partial charge on any atom is -0.394 e. The molecule has 710 valence electrons. The van der Waals surface area contributed by atoms with Crippen molar-refractivity contribution >= 4 is 96.5 Å². The summed E-state index contributed by atoms with van der Waals surface area (Å²) in [4.78, 5) is 112. The summed E-state index contributed by atoms with van der Waals surface area (Å²) in [6.07, 6.45) is 34.9. The zero-order valence-corrected chi connectivity index (χ0v) is 79.2. The largest absolute Gasteiger partial charge is 0.394 e. The van der Waals surface area contributed by atoms with Crippen LogP contribution in [0, 0.1) is 88.8 Å². The number of thioether (sulfide) groups is 1. The molecule has 0 unspecified atom stereocenters. The number of aliphatic hydroxyl groups is 5. The van der Waals surface area contributed by atoms with Gasteiger partial charge in [0.25, 0.3) is 29.5 Å². The molecular weight excluding hydrogens is 1770 g/mol. The van der Waals surface area contributed by atoms with Crippen LogP contribution in [0.25, 0.3) is 55.2 Å². The van der Waals surface area contributed by atoms with Crippen molar-refractivity contribution in [3.63, 3.8) is 0 Å².